The number of halogens is 1. The highest BCUT2D eigenvalue weighted by molar-refractivity contribution is 5.91. The highest BCUT2D eigenvalue weighted by atomic mass is 19.1. The van der Waals surface area contributed by atoms with Crippen molar-refractivity contribution in [1.29, 1.82) is 0 Å². The molecule has 8 heteroatoms. The number of fused-ring (bicyclic) bond motifs is 1. The molecule has 0 saturated carbocycles. The number of H-pyrrole nitrogens is 1. The summed E-state index contributed by atoms with van der Waals surface area (Å²) in [6.45, 7) is 0. The summed E-state index contributed by atoms with van der Waals surface area (Å²) in [5.74, 6) is -0.718. The minimum Gasteiger partial charge on any atom is -0.464 e. The molecule has 0 saturated heterocycles. The van der Waals surface area contributed by atoms with Crippen LogP contribution < -0.4 is 0 Å². The highest BCUT2D eigenvalue weighted by Crippen LogP contribution is 2.18. The van der Waals surface area contributed by atoms with E-state index in [1.54, 1.807) is 24.3 Å². The van der Waals surface area contributed by atoms with Crippen LogP contribution in [-0.2, 0) is 4.74 Å². The molecule has 0 fully saturated rings. The van der Waals surface area contributed by atoms with Gasteiger partial charge >= 0.3 is 5.97 Å². The Labute approximate surface area is 106 Å². The first-order chi connectivity index (χ1) is 9.20. The van der Waals surface area contributed by atoms with E-state index < -0.39 is 12.0 Å². The average molecular weight is 261 g/mol. The first-order valence-electron chi connectivity index (χ1n) is 5.35. The van der Waals surface area contributed by atoms with E-state index in [1.807, 2.05) is 0 Å². The summed E-state index contributed by atoms with van der Waals surface area (Å²) in [6, 6.07) is 7.07. The Morgan fingerprint density at radius 2 is 2.21 bits per heavy atom. The summed E-state index contributed by atoms with van der Waals surface area (Å²) in [6.07, 6.45) is -0.894. The van der Waals surface area contributed by atoms with E-state index in [4.69, 9.17) is 0 Å². The molecule has 0 radical (unpaired) electrons. The second-order valence-corrected chi connectivity index (χ2v) is 3.71. The third kappa shape index (κ3) is 1.73. The molecule has 96 valence electrons. The van der Waals surface area contributed by atoms with Crippen LogP contribution in [0.1, 0.15) is 10.5 Å². The number of imidazole rings is 1. The van der Waals surface area contributed by atoms with Crippen LogP contribution in [0.3, 0.4) is 0 Å². The lowest BCUT2D eigenvalue weighted by Gasteiger charge is -2.00. The maximum atomic E-state index is 13.2. The lowest BCUT2D eigenvalue weighted by molar-refractivity contribution is 0.0594. The Bertz CT molecular complexity index is 763. The van der Waals surface area contributed by atoms with Crippen LogP contribution in [0, 0.1) is 6.08 Å². The van der Waals surface area contributed by atoms with Crippen molar-refractivity contribution in [3.05, 3.63) is 36.0 Å². The molecule has 1 N–H and O–H groups in total. The van der Waals surface area contributed by atoms with Crippen molar-refractivity contribution in [3.63, 3.8) is 0 Å². The number of hydrogen-bond acceptors (Lipinski definition) is 5. The van der Waals surface area contributed by atoms with Gasteiger partial charge in [-0.25, -0.2) is 4.79 Å². The van der Waals surface area contributed by atoms with Crippen LogP contribution in [0.5, 0.6) is 0 Å². The number of para-hydroxylation sites is 1. The number of aromatic nitrogens is 5. The van der Waals surface area contributed by atoms with Gasteiger partial charge in [0.25, 0.3) is 6.08 Å². The van der Waals surface area contributed by atoms with Crippen LogP contribution in [0.4, 0.5) is 4.39 Å². The number of methoxy groups -OCH3 is 1. The number of carbonyl (C=O) groups is 1. The van der Waals surface area contributed by atoms with E-state index >= 15 is 0 Å². The summed E-state index contributed by atoms with van der Waals surface area (Å²) in [4.78, 5) is 17.4. The molecule has 0 aliphatic carbocycles. The van der Waals surface area contributed by atoms with E-state index in [0.717, 1.165) is 0 Å². The van der Waals surface area contributed by atoms with Gasteiger partial charge in [-0.15, -0.1) is 5.10 Å². The number of hydrogen-bond donors (Lipinski definition) is 1. The number of ether oxygens (including phenoxy) is 1. The fourth-order valence-electron chi connectivity index (χ4n) is 1.76. The minimum atomic E-state index is -0.894. The second-order valence-electron chi connectivity index (χ2n) is 3.71. The number of nitrogens with zero attached hydrogens (tertiary/aromatic N) is 4. The molecule has 0 aliphatic rings. The highest BCUT2D eigenvalue weighted by Gasteiger charge is 2.21. The Balaban J connectivity index is 2.24. The molecular weight excluding hydrogens is 253 g/mol. The van der Waals surface area contributed by atoms with Crippen molar-refractivity contribution in [3.8, 4) is 5.82 Å². The van der Waals surface area contributed by atoms with Gasteiger partial charge in [-0.2, -0.15) is 14.1 Å². The van der Waals surface area contributed by atoms with Crippen LogP contribution in [-0.4, -0.2) is 38.0 Å². The molecule has 19 heavy (non-hydrogen) atoms. The number of aromatic amines is 1. The predicted molar refractivity (Wildman–Crippen MR) is 62.3 cm³/mol. The molecule has 0 aliphatic heterocycles. The first kappa shape index (κ1) is 11.3. The largest absolute Gasteiger partial charge is 0.464 e. The molecule has 7 nitrogen and oxygen atoms in total. The number of carbonyl (C=O) groups excluding carboxylic acids is 1. The maximum Gasteiger partial charge on any atom is 0.358 e. The SMILES string of the molecule is COC(=O)c1[nH]c(F)nc1-n1nnc2ccccc21. The summed E-state index contributed by atoms with van der Waals surface area (Å²) in [5.41, 5.74) is 1.11. The normalized spacial score (nSPS) is 10.8. The fourth-order valence-corrected chi connectivity index (χ4v) is 1.76. The van der Waals surface area contributed by atoms with Gasteiger partial charge in [0.15, 0.2) is 11.5 Å². The molecule has 0 atom stereocenters. The summed E-state index contributed by atoms with van der Waals surface area (Å²) >= 11 is 0. The molecule has 2 aromatic heterocycles. The lowest BCUT2D eigenvalue weighted by atomic mass is 10.3. The fraction of sp³-hybridized carbons (Fsp3) is 0.0909. The zero-order valence-corrected chi connectivity index (χ0v) is 9.79. The molecule has 3 aromatic rings. The third-order valence-electron chi connectivity index (χ3n) is 2.60. The van der Waals surface area contributed by atoms with Gasteiger partial charge in [0, 0.05) is 0 Å². The summed E-state index contributed by atoms with van der Waals surface area (Å²) in [5, 5.41) is 7.78. The molecule has 2 heterocycles. The molecule has 0 bridgehead atoms. The van der Waals surface area contributed by atoms with Crippen molar-refractivity contribution in [1.82, 2.24) is 25.0 Å². The smallest absolute Gasteiger partial charge is 0.358 e. The van der Waals surface area contributed by atoms with Crippen molar-refractivity contribution in [2.45, 2.75) is 0 Å². The van der Waals surface area contributed by atoms with Crippen molar-refractivity contribution in [2.75, 3.05) is 7.11 Å². The van der Waals surface area contributed by atoms with E-state index in [9.17, 15) is 9.18 Å². The van der Waals surface area contributed by atoms with Crippen molar-refractivity contribution in [2.24, 2.45) is 0 Å². The number of nitrogens with one attached hydrogen (secondary N) is 1. The zero-order chi connectivity index (χ0) is 13.4. The van der Waals surface area contributed by atoms with Crippen LogP contribution in [0.2, 0.25) is 0 Å². The zero-order valence-electron chi connectivity index (χ0n) is 9.79. The third-order valence-corrected chi connectivity index (χ3v) is 2.60. The molecule has 3 rings (SSSR count). The van der Waals surface area contributed by atoms with Crippen LogP contribution in [0.25, 0.3) is 16.9 Å². The minimum absolute atomic E-state index is 0.0121. The first-order valence-corrected chi connectivity index (χ1v) is 5.35. The van der Waals surface area contributed by atoms with Crippen molar-refractivity contribution < 1.29 is 13.9 Å². The van der Waals surface area contributed by atoms with Gasteiger partial charge < -0.3 is 9.72 Å². The maximum absolute atomic E-state index is 13.2. The van der Waals surface area contributed by atoms with Gasteiger partial charge in [-0.05, 0) is 12.1 Å². The number of rotatable bonds is 2. The Morgan fingerprint density at radius 3 is 3.00 bits per heavy atom. The molecule has 0 unspecified atom stereocenters. The molecule has 0 spiro atoms. The van der Waals surface area contributed by atoms with Crippen LogP contribution >= 0.6 is 0 Å². The Hall–Kier alpha value is -2.77. The quantitative estimate of drug-likeness (QED) is 0.697. The second kappa shape index (κ2) is 4.16. The van der Waals surface area contributed by atoms with Gasteiger partial charge in [0.2, 0.25) is 0 Å². The topological polar surface area (TPSA) is 85.7 Å². The summed E-state index contributed by atoms with van der Waals surface area (Å²) in [7, 11) is 1.20. The molecule has 0 amide bonds. The Morgan fingerprint density at radius 1 is 1.42 bits per heavy atom. The number of esters is 1. The van der Waals surface area contributed by atoms with Gasteiger partial charge in [-0.1, -0.05) is 17.3 Å². The lowest BCUT2D eigenvalue weighted by Crippen LogP contribution is -2.08. The molecular formula is C11H8FN5O2. The number of benzene rings is 1. The van der Waals surface area contributed by atoms with Gasteiger partial charge in [0.1, 0.15) is 5.52 Å². The van der Waals surface area contributed by atoms with Gasteiger partial charge in [-0.3, -0.25) is 0 Å². The van der Waals surface area contributed by atoms with E-state index in [1.165, 1.54) is 11.8 Å². The standard InChI is InChI=1S/C11H8FN5O2/c1-19-10(18)8-9(14-11(12)13-8)17-7-5-3-2-4-6(7)15-16-17/h2-5H,1H3,(H,13,14). The van der Waals surface area contributed by atoms with E-state index in [2.05, 4.69) is 25.0 Å². The van der Waals surface area contributed by atoms with E-state index in [-0.39, 0.29) is 11.5 Å². The predicted octanol–water partition coefficient (Wildman–Crippen LogP) is 1.07. The van der Waals surface area contributed by atoms with Gasteiger partial charge in [0.05, 0.1) is 12.6 Å². The Kier molecular flexibility index (Phi) is 2.48. The van der Waals surface area contributed by atoms with Crippen molar-refractivity contribution >= 4 is 17.0 Å². The summed E-state index contributed by atoms with van der Waals surface area (Å²) < 4.78 is 19.1. The van der Waals surface area contributed by atoms with Crippen LogP contribution in [0.15, 0.2) is 24.3 Å². The molecule has 1 aromatic carbocycles. The monoisotopic (exact) mass is 261 g/mol. The average Bonchev–Trinajstić information content (AvgIpc) is 3.01. The van der Waals surface area contributed by atoms with E-state index in [0.29, 0.717) is 11.0 Å².